The Morgan fingerprint density at radius 3 is 3.17 bits per heavy atom. The summed E-state index contributed by atoms with van der Waals surface area (Å²) < 4.78 is 3.57. The first kappa shape index (κ1) is 9.41. The molecule has 1 heterocycles. The molecule has 6 heteroatoms. The van der Waals surface area contributed by atoms with E-state index in [0.717, 1.165) is 11.5 Å². The van der Waals surface area contributed by atoms with Crippen molar-refractivity contribution >= 4 is 29.0 Å². The first-order valence-corrected chi connectivity index (χ1v) is 4.69. The molecule has 0 aliphatic heterocycles. The zero-order valence-electron chi connectivity index (χ0n) is 6.45. The van der Waals surface area contributed by atoms with Crippen LogP contribution in [0.1, 0.15) is 16.6 Å². The number of aromatic nitrogens is 2. The third kappa shape index (κ3) is 2.42. The highest BCUT2D eigenvalue weighted by Gasteiger charge is 2.10. The monoisotopic (exact) mass is 205 g/mol. The molecular formula is C6H8ClN3OS. The Hall–Kier alpha value is -0.680. The van der Waals surface area contributed by atoms with Crippen LogP contribution in [0.5, 0.6) is 0 Å². The molecule has 0 aliphatic rings. The number of nitrogens with zero attached hydrogens (tertiary/aromatic N) is 2. The van der Waals surface area contributed by atoms with E-state index in [2.05, 4.69) is 14.9 Å². The molecule has 12 heavy (non-hydrogen) atoms. The Kier molecular flexibility index (Phi) is 3.43. The molecule has 0 fully saturated rings. The van der Waals surface area contributed by atoms with Gasteiger partial charge in [0.1, 0.15) is 4.88 Å². The summed E-state index contributed by atoms with van der Waals surface area (Å²) in [5.74, 6) is 0.232. The smallest absolute Gasteiger partial charge is 0.264 e. The Balaban J connectivity index is 2.50. The molecule has 0 bridgehead atoms. The third-order valence-electron chi connectivity index (χ3n) is 1.19. The minimum Gasteiger partial charge on any atom is -0.348 e. The fourth-order valence-electron chi connectivity index (χ4n) is 0.601. The van der Waals surface area contributed by atoms with Crippen molar-refractivity contribution in [1.82, 2.24) is 14.9 Å². The summed E-state index contributed by atoms with van der Waals surface area (Å²) >= 11 is 6.58. The van der Waals surface area contributed by atoms with E-state index < -0.39 is 0 Å². The molecule has 1 aromatic heterocycles. The number of carbonyl (C=O) groups is 1. The van der Waals surface area contributed by atoms with E-state index in [1.807, 2.05) is 6.92 Å². The molecule has 4 nitrogen and oxygen atoms in total. The van der Waals surface area contributed by atoms with Crippen LogP contribution >= 0.6 is 23.1 Å². The van der Waals surface area contributed by atoms with E-state index in [1.165, 1.54) is 6.20 Å². The van der Waals surface area contributed by atoms with Gasteiger partial charge in [0.05, 0.1) is 6.20 Å². The van der Waals surface area contributed by atoms with Crippen molar-refractivity contribution in [3.63, 3.8) is 0 Å². The van der Waals surface area contributed by atoms with Crippen LogP contribution in [0.25, 0.3) is 0 Å². The van der Waals surface area contributed by atoms with Crippen LogP contribution in [-0.4, -0.2) is 27.4 Å². The first-order valence-electron chi connectivity index (χ1n) is 3.38. The van der Waals surface area contributed by atoms with Crippen molar-refractivity contribution in [2.45, 2.75) is 13.0 Å². The van der Waals surface area contributed by atoms with Crippen LogP contribution in [0.3, 0.4) is 0 Å². The predicted molar refractivity (Wildman–Crippen MR) is 47.6 cm³/mol. The van der Waals surface area contributed by atoms with Crippen LogP contribution in [0, 0.1) is 0 Å². The topological polar surface area (TPSA) is 54.9 Å². The molecule has 0 spiro atoms. The van der Waals surface area contributed by atoms with Gasteiger partial charge in [-0.15, -0.1) is 16.7 Å². The summed E-state index contributed by atoms with van der Waals surface area (Å²) in [5, 5.41) is 6.24. The maximum absolute atomic E-state index is 11.2. The van der Waals surface area contributed by atoms with Gasteiger partial charge >= 0.3 is 0 Å². The van der Waals surface area contributed by atoms with E-state index in [9.17, 15) is 4.79 Å². The molecule has 0 saturated carbocycles. The molecule has 1 unspecified atom stereocenters. The highest BCUT2D eigenvalue weighted by atomic mass is 35.5. The molecule has 0 aliphatic carbocycles. The van der Waals surface area contributed by atoms with Crippen molar-refractivity contribution < 1.29 is 4.79 Å². The van der Waals surface area contributed by atoms with Crippen molar-refractivity contribution in [3.05, 3.63) is 11.1 Å². The summed E-state index contributed by atoms with van der Waals surface area (Å²) in [6.07, 6.45) is 1.43. The Bertz CT molecular complexity index is 251. The van der Waals surface area contributed by atoms with Crippen molar-refractivity contribution in [2.75, 3.05) is 5.88 Å². The van der Waals surface area contributed by atoms with Crippen LogP contribution in [-0.2, 0) is 0 Å². The molecule has 1 rings (SSSR count). The van der Waals surface area contributed by atoms with Crippen molar-refractivity contribution in [1.29, 1.82) is 0 Å². The fraction of sp³-hybridized carbons (Fsp3) is 0.500. The molecule has 0 radical (unpaired) electrons. The number of carbonyl (C=O) groups excluding carboxylic acids is 1. The molecular weight excluding hydrogens is 198 g/mol. The summed E-state index contributed by atoms with van der Waals surface area (Å²) in [5.41, 5.74) is 0. The lowest BCUT2D eigenvalue weighted by Gasteiger charge is -2.07. The molecule has 1 aromatic rings. The second kappa shape index (κ2) is 4.37. The Morgan fingerprint density at radius 1 is 1.92 bits per heavy atom. The average molecular weight is 206 g/mol. The minimum absolute atomic E-state index is 0.0266. The van der Waals surface area contributed by atoms with Crippen LogP contribution in [0.15, 0.2) is 6.20 Å². The van der Waals surface area contributed by atoms with Gasteiger partial charge in [0.2, 0.25) is 0 Å². The van der Waals surface area contributed by atoms with Gasteiger partial charge in [-0.25, -0.2) is 0 Å². The lowest BCUT2D eigenvalue weighted by molar-refractivity contribution is 0.0947. The molecule has 0 aromatic carbocycles. The summed E-state index contributed by atoms with van der Waals surface area (Å²) in [4.78, 5) is 11.7. The van der Waals surface area contributed by atoms with E-state index in [-0.39, 0.29) is 11.9 Å². The van der Waals surface area contributed by atoms with E-state index in [1.54, 1.807) is 0 Å². The highest BCUT2D eigenvalue weighted by Crippen LogP contribution is 2.01. The third-order valence-corrected chi connectivity index (χ3v) is 2.32. The fourth-order valence-corrected chi connectivity index (χ4v) is 1.10. The lowest BCUT2D eigenvalue weighted by Crippen LogP contribution is -2.33. The molecule has 1 atom stereocenters. The van der Waals surface area contributed by atoms with Gasteiger partial charge in [-0.1, -0.05) is 4.49 Å². The average Bonchev–Trinajstić information content (AvgIpc) is 2.56. The van der Waals surface area contributed by atoms with E-state index in [0.29, 0.717) is 10.8 Å². The van der Waals surface area contributed by atoms with Gasteiger partial charge in [0.15, 0.2) is 0 Å². The summed E-state index contributed by atoms with van der Waals surface area (Å²) in [7, 11) is 0. The van der Waals surface area contributed by atoms with Crippen molar-refractivity contribution in [2.24, 2.45) is 0 Å². The molecule has 1 N–H and O–H groups in total. The largest absolute Gasteiger partial charge is 0.348 e. The first-order chi connectivity index (χ1) is 5.74. The van der Waals surface area contributed by atoms with Gasteiger partial charge < -0.3 is 5.32 Å². The number of halogens is 1. The maximum Gasteiger partial charge on any atom is 0.264 e. The minimum atomic E-state index is -0.168. The van der Waals surface area contributed by atoms with Gasteiger partial charge in [-0.05, 0) is 18.5 Å². The molecule has 1 amide bonds. The maximum atomic E-state index is 11.2. The second-order valence-electron chi connectivity index (χ2n) is 2.31. The van der Waals surface area contributed by atoms with Gasteiger partial charge in [-0.2, -0.15) is 0 Å². The number of rotatable bonds is 3. The van der Waals surface area contributed by atoms with Gasteiger partial charge in [-0.3, -0.25) is 4.79 Å². The SMILES string of the molecule is CC(CCl)NC(=O)c1cnns1. The highest BCUT2D eigenvalue weighted by molar-refractivity contribution is 7.07. The van der Waals surface area contributed by atoms with Gasteiger partial charge in [0, 0.05) is 11.9 Å². The zero-order chi connectivity index (χ0) is 8.97. The normalized spacial score (nSPS) is 12.5. The summed E-state index contributed by atoms with van der Waals surface area (Å²) in [6, 6.07) is -0.0266. The molecule has 0 saturated heterocycles. The lowest BCUT2D eigenvalue weighted by atomic mass is 10.4. The standard InChI is InChI=1S/C6H8ClN3OS/c1-4(2-7)9-6(11)5-3-8-10-12-5/h3-4H,2H2,1H3,(H,9,11). The van der Waals surface area contributed by atoms with Gasteiger partial charge in [0.25, 0.3) is 5.91 Å². The van der Waals surface area contributed by atoms with Crippen LogP contribution in [0.2, 0.25) is 0 Å². The quantitative estimate of drug-likeness (QED) is 0.746. The van der Waals surface area contributed by atoms with Crippen LogP contribution < -0.4 is 5.32 Å². The second-order valence-corrected chi connectivity index (χ2v) is 3.40. The summed E-state index contributed by atoms with van der Waals surface area (Å²) in [6.45, 7) is 1.83. The van der Waals surface area contributed by atoms with E-state index in [4.69, 9.17) is 11.6 Å². The Morgan fingerprint density at radius 2 is 2.67 bits per heavy atom. The zero-order valence-corrected chi connectivity index (χ0v) is 8.02. The predicted octanol–water partition coefficient (Wildman–Crippen LogP) is 0.895. The number of amides is 1. The number of alkyl halides is 1. The number of hydrogen-bond donors (Lipinski definition) is 1. The molecule has 66 valence electrons. The number of hydrogen-bond acceptors (Lipinski definition) is 4. The van der Waals surface area contributed by atoms with E-state index >= 15 is 0 Å². The Labute approximate surface area is 79.1 Å². The van der Waals surface area contributed by atoms with Crippen molar-refractivity contribution in [3.8, 4) is 0 Å². The van der Waals surface area contributed by atoms with Crippen LogP contribution in [0.4, 0.5) is 0 Å². The number of nitrogens with one attached hydrogen (secondary N) is 1.